The maximum atomic E-state index is 12.6. The third kappa shape index (κ3) is 6.77. The first-order chi connectivity index (χ1) is 12.6. The van der Waals surface area contributed by atoms with Crippen LogP contribution in [-0.4, -0.2) is 30.1 Å². The fraction of sp³-hybridized carbons (Fsp3) is 0.364. The molecule has 0 radical (unpaired) electrons. The highest BCUT2D eigenvalue weighted by molar-refractivity contribution is 5.90. The first-order valence-corrected chi connectivity index (χ1v) is 8.93. The van der Waals surface area contributed by atoms with Gasteiger partial charge in [0.2, 0.25) is 6.10 Å². The average Bonchev–Trinajstić information content (AvgIpc) is 2.59. The summed E-state index contributed by atoms with van der Waals surface area (Å²) >= 11 is 0. The number of carbonyl (C=O) groups is 2. The van der Waals surface area contributed by atoms with E-state index in [1.165, 1.54) is 0 Å². The lowest BCUT2D eigenvalue weighted by Gasteiger charge is -2.25. The van der Waals surface area contributed by atoms with E-state index in [1.807, 2.05) is 58.9 Å². The smallest absolute Gasteiger partial charge is 0.338 e. The van der Waals surface area contributed by atoms with Crippen LogP contribution in [0.1, 0.15) is 42.3 Å². The van der Waals surface area contributed by atoms with Crippen molar-refractivity contribution in [2.75, 3.05) is 6.61 Å². The van der Waals surface area contributed by atoms with Gasteiger partial charge in [-0.1, -0.05) is 35.4 Å². The van der Waals surface area contributed by atoms with Crippen molar-refractivity contribution in [2.45, 2.75) is 46.3 Å². The Morgan fingerprint density at radius 1 is 0.926 bits per heavy atom. The van der Waals surface area contributed by atoms with Crippen LogP contribution in [0.3, 0.4) is 0 Å². The Balaban J connectivity index is 2.08. The van der Waals surface area contributed by atoms with E-state index in [-0.39, 0.29) is 12.5 Å². The van der Waals surface area contributed by atoms with Gasteiger partial charge in [0.25, 0.3) is 5.91 Å². The zero-order chi connectivity index (χ0) is 20.0. The Morgan fingerprint density at radius 2 is 1.44 bits per heavy atom. The topological polar surface area (TPSA) is 64.6 Å². The normalized spacial score (nSPS) is 12.2. The number of rotatable bonds is 6. The van der Waals surface area contributed by atoms with Crippen molar-refractivity contribution in [3.05, 3.63) is 65.2 Å². The average molecular weight is 369 g/mol. The molecule has 144 valence electrons. The molecule has 1 unspecified atom stereocenters. The summed E-state index contributed by atoms with van der Waals surface area (Å²) in [6.45, 7) is 9.38. The quantitative estimate of drug-likeness (QED) is 0.786. The number of ether oxygens (including phenoxy) is 2. The first kappa shape index (κ1) is 20.5. The number of carbonyl (C=O) groups excluding carboxylic acids is 2. The van der Waals surface area contributed by atoms with Gasteiger partial charge in [-0.3, -0.25) is 4.79 Å². The third-order valence-corrected chi connectivity index (χ3v) is 3.74. The van der Waals surface area contributed by atoms with Crippen LogP contribution in [-0.2, 0) is 9.53 Å². The van der Waals surface area contributed by atoms with E-state index in [2.05, 4.69) is 5.32 Å². The van der Waals surface area contributed by atoms with Crippen molar-refractivity contribution >= 4 is 11.9 Å². The second-order valence-corrected chi connectivity index (χ2v) is 7.62. The molecule has 0 spiro atoms. The summed E-state index contributed by atoms with van der Waals surface area (Å²) < 4.78 is 11.1. The Bertz CT molecular complexity index is 773. The van der Waals surface area contributed by atoms with Gasteiger partial charge in [0, 0.05) is 5.54 Å². The Labute approximate surface area is 160 Å². The highest BCUT2D eigenvalue weighted by Crippen LogP contribution is 2.15. The standard InChI is InChI=1S/C22H27NO4/c1-15-6-10-17(11-7-15)21(25)26-14-19(20(24)23-22(3,4)5)27-18-12-8-16(2)9-13-18/h6-13,19H,14H2,1-5H3,(H,23,24). The molecule has 5 heteroatoms. The van der Waals surface area contributed by atoms with Gasteiger partial charge in [0.15, 0.2) is 0 Å². The minimum atomic E-state index is -0.943. The van der Waals surface area contributed by atoms with Crippen LogP contribution in [0.4, 0.5) is 0 Å². The lowest BCUT2D eigenvalue weighted by atomic mass is 10.1. The second-order valence-electron chi connectivity index (χ2n) is 7.62. The molecule has 2 aromatic carbocycles. The molecule has 2 aromatic rings. The van der Waals surface area contributed by atoms with Crippen molar-refractivity contribution in [3.8, 4) is 5.75 Å². The second kappa shape index (κ2) is 8.71. The molecule has 0 fully saturated rings. The Morgan fingerprint density at radius 3 is 1.96 bits per heavy atom. The van der Waals surface area contributed by atoms with Crippen molar-refractivity contribution in [3.63, 3.8) is 0 Å². The maximum Gasteiger partial charge on any atom is 0.338 e. The number of hydrogen-bond acceptors (Lipinski definition) is 4. The number of nitrogens with one attached hydrogen (secondary N) is 1. The first-order valence-electron chi connectivity index (χ1n) is 8.93. The van der Waals surface area contributed by atoms with Crippen LogP contribution in [0.25, 0.3) is 0 Å². The molecule has 0 aliphatic carbocycles. The maximum absolute atomic E-state index is 12.6. The monoisotopic (exact) mass is 369 g/mol. The van der Waals surface area contributed by atoms with Crippen LogP contribution in [0.2, 0.25) is 0 Å². The van der Waals surface area contributed by atoms with E-state index in [0.29, 0.717) is 11.3 Å². The van der Waals surface area contributed by atoms with Crippen molar-refractivity contribution in [2.24, 2.45) is 0 Å². The lowest BCUT2D eigenvalue weighted by Crippen LogP contribution is -2.49. The van der Waals surface area contributed by atoms with Crippen LogP contribution < -0.4 is 10.1 Å². The van der Waals surface area contributed by atoms with Crippen LogP contribution >= 0.6 is 0 Å². The summed E-state index contributed by atoms with van der Waals surface area (Å²) in [7, 11) is 0. The van der Waals surface area contributed by atoms with Crippen LogP contribution in [0.5, 0.6) is 5.75 Å². The zero-order valence-electron chi connectivity index (χ0n) is 16.5. The highest BCUT2D eigenvalue weighted by atomic mass is 16.6. The summed E-state index contributed by atoms with van der Waals surface area (Å²) in [6, 6.07) is 14.4. The molecule has 27 heavy (non-hydrogen) atoms. The number of amides is 1. The summed E-state index contributed by atoms with van der Waals surface area (Å²) in [5.41, 5.74) is 2.15. The summed E-state index contributed by atoms with van der Waals surface area (Å²) in [4.78, 5) is 24.9. The highest BCUT2D eigenvalue weighted by Gasteiger charge is 2.26. The van der Waals surface area contributed by atoms with Gasteiger partial charge in [-0.15, -0.1) is 0 Å². The Hall–Kier alpha value is -2.82. The van der Waals surface area contributed by atoms with Gasteiger partial charge < -0.3 is 14.8 Å². The fourth-order valence-corrected chi connectivity index (χ4v) is 2.32. The van der Waals surface area contributed by atoms with Gasteiger partial charge in [0.1, 0.15) is 12.4 Å². The van der Waals surface area contributed by atoms with Crippen molar-refractivity contribution in [1.29, 1.82) is 0 Å². The molecule has 2 rings (SSSR count). The molecule has 0 aromatic heterocycles. The molecule has 1 N–H and O–H groups in total. The van der Waals surface area contributed by atoms with Gasteiger partial charge >= 0.3 is 5.97 Å². The predicted molar refractivity (Wildman–Crippen MR) is 105 cm³/mol. The molecule has 0 aliphatic heterocycles. The van der Waals surface area contributed by atoms with Gasteiger partial charge in [-0.25, -0.2) is 4.79 Å². The SMILES string of the molecule is Cc1ccc(OC(COC(=O)c2ccc(C)cc2)C(=O)NC(C)(C)C)cc1. The molecule has 1 amide bonds. The van der Waals surface area contributed by atoms with E-state index >= 15 is 0 Å². The molecule has 1 atom stereocenters. The molecule has 5 nitrogen and oxygen atoms in total. The number of hydrogen-bond donors (Lipinski definition) is 1. The van der Waals surface area contributed by atoms with E-state index in [0.717, 1.165) is 11.1 Å². The number of benzene rings is 2. The van der Waals surface area contributed by atoms with Crippen molar-refractivity contribution in [1.82, 2.24) is 5.32 Å². The minimum Gasteiger partial charge on any atom is -0.477 e. The third-order valence-electron chi connectivity index (χ3n) is 3.74. The molecular formula is C22H27NO4. The molecule has 0 saturated heterocycles. The van der Waals surface area contributed by atoms with Gasteiger partial charge in [-0.05, 0) is 58.9 Å². The Kier molecular flexibility index (Phi) is 6.61. The fourth-order valence-electron chi connectivity index (χ4n) is 2.32. The van der Waals surface area contributed by atoms with E-state index < -0.39 is 17.6 Å². The molecule has 0 saturated carbocycles. The molecule has 0 bridgehead atoms. The van der Waals surface area contributed by atoms with Crippen molar-refractivity contribution < 1.29 is 19.1 Å². The van der Waals surface area contributed by atoms with E-state index in [9.17, 15) is 9.59 Å². The van der Waals surface area contributed by atoms with Crippen LogP contribution in [0, 0.1) is 13.8 Å². The number of aryl methyl sites for hydroxylation is 2. The molecule has 0 heterocycles. The number of esters is 1. The summed E-state index contributed by atoms with van der Waals surface area (Å²) in [6.07, 6.45) is -0.943. The summed E-state index contributed by atoms with van der Waals surface area (Å²) in [5.74, 6) is -0.281. The zero-order valence-corrected chi connectivity index (χ0v) is 16.5. The molecule has 0 aliphatic rings. The minimum absolute atomic E-state index is 0.178. The van der Waals surface area contributed by atoms with Crippen LogP contribution in [0.15, 0.2) is 48.5 Å². The summed E-state index contributed by atoms with van der Waals surface area (Å²) in [5, 5.41) is 2.87. The lowest BCUT2D eigenvalue weighted by molar-refractivity contribution is -0.131. The van der Waals surface area contributed by atoms with Gasteiger partial charge in [-0.2, -0.15) is 0 Å². The molecular weight excluding hydrogens is 342 g/mol. The van der Waals surface area contributed by atoms with E-state index in [1.54, 1.807) is 24.3 Å². The van der Waals surface area contributed by atoms with Gasteiger partial charge in [0.05, 0.1) is 5.56 Å². The predicted octanol–water partition coefficient (Wildman–Crippen LogP) is 3.82. The largest absolute Gasteiger partial charge is 0.477 e. The van der Waals surface area contributed by atoms with E-state index in [4.69, 9.17) is 9.47 Å².